The molecule has 2 bridgehead atoms. The third kappa shape index (κ3) is 9.36. The van der Waals surface area contributed by atoms with Crippen LogP contribution in [0, 0.1) is 24.6 Å². The minimum absolute atomic E-state index is 0.0593. The first kappa shape index (κ1) is 41.7. The van der Waals surface area contributed by atoms with Gasteiger partial charge < -0.3 is 15.0 Å². The number of carbonyl (C=O) groups is 2. The number of nitrogens with zero attached hydrogens (tertiary/aromatic N) is 3. The number of hydrogen-bond donors (Lipinski definition) is 4. The third-order valence-corrected chi connectivity index (χ3v) is 10.4. The fourth-order valence-corrected chi connectivity index (χ4v) is 7.86. The number of anilines is 1. The molecule has 8 nitrogen and oxygen atoms in total. The fraction of sp³-hybridized carbons (Fsp3) is 0.447. The van der Waals surface area contributed by atoms with E-state index in [2.05, 4.69) is 81.4 Å². The number of aryl methyl sites for hydroxylation is 2. The second kappa shape index (κ2) is 17.4. The molecule has 2 aliphatic heterocycles. The van der Waals surface area contributed by atoms with E-state index in [1.807, 2.05) is 19.3 Å². The van der Waals surface area contributed by atoms with E-state index in [4.69, 9.17) is 0 Å². The first-order chi connectivity index (χ1) is 25.1. The highest BCUT2D eigenvalue weighted by Crippen LogP contribution is 2.52. The number of hydrogen-bond acceptors (Lipinski definition) is 6. The van der Waals surface area contributed by atoms with Crippen LogP contribution in [0.5, 0.6) is 0 Å². The van der Waals surface area contributed by atoms with Gasteiger partial charge in [-0.3, -0.25) is 23.6 Å². The van der Waals surface area contributed by atoms with Crippen LogP contribution in [0.15, 0.2) is 60.7 Å². The van der Waals surface area contributed by atoms with Crippen molar-refractivity contribution in [3.63, 3.8) is 0 Å². The number of aromatic nitrogens is 2. The number of aliphatic carboxylic acids is 1. The van der Waals surface area contributed by atoms with Crippen molar-refractivity contribution in [2.75, 3.05) is 26.1 Å². The number of carbonyl (C=O) groups excluding carboxylic acids is 1. The van der Waals surface area contributed by atoms with E-state index in [-0.39, 0.29) is 30.0 Å². The number of halogens is 6. The molecule has 15 heteroatoms. The van der Waals surface area contributed by atoms with Gasteiger partial charge in [-0.15, -0.1) is 0 Å². The predicted molar refractivity (Wildman–Crippen MR) is 197 cm³/mol. The summed E-state index contributed by atoms with van der Waals surface area (Å²) in [6.45, 7) is 4.58. The van der Waals surface area contributed by atoms with Crippen molar-refractivity contribution in [3.05, 3.63) is 83.4 Å². The second-order valence-electron chi connectivity index (χ2n) is 13.7. The minimum Gasteiger partial charge on any atom is -0.481 e. The number of benzene rings is 3. The van der Waals surface area contributed by atoms with Gasteiger partial charge in [-0.25, -0.2) is 13.8 Å². The highest BCUT2D eigenvalue weighted by atomic mass is 32.1. The average molecular weight is 766 g/mol. The lowest BCUT2D eigenvalue weighted by Gasteiger charge is -2.43. The molecule has 4 fully saturated rings. The van der Waals surface area contributed by atoms with Gasteiger partial charge >= 0.3 is 12.1 Å². The molecule has 0 radical (unpaired) electrons. The number of amides is 1. The summed E-state index contributed by atoms with van der Waals surface area (Å²) >= 11 is 3.54. The average Bonchev–Trinajstić information content (AvgIpc) is 3.73. The topological polar surface area (TPSA) is 99.5 Å². The van der Waals surface area contributed by atoms with Gasteiger partial charge in [0.1, 0.15) is 17.3 Å². The molecule has 4 atom stereocenters. The van der Waals surface area contributed by atoms with Crippen LogP contribution in [0.1, 0.15) is 55.5 Å². The Balaban J connectivity index is 0.000000277. The van der Waals surface area contributed by atoms with E-state index < -0.39 is 35.1 Å². The van der Waals surface area contributed by atoms with Crippen LogP contribution in [-0.2, 0) is 22.8 Å². The summed E-state index contributed by atoms with van der Waals surface area (Å²) < 4.78 is 77.6. The first-order valence-corrected chi connectivity index (χ1v) is 17.5. The monoisotopic (exact) mass is 765 g/mol. The summed E-state index contributed by atoms with van der Waals surface area (Å²) in [5, 5.41) is 12.0. The number of carboxylic acid groups (broad SMARTS) is 1. The van der Waals surface area contributed by atoms with Gasteiger partial charge in [-0.1, -0.05) is 50.1 Å². The molecule has 2 saturated carbocycles. The van der Waals surface area contributed by atoms with E-state index >= 15 is 0 Å². The molecule has 2 aliphatic carbocycles. The molecule has 4 aliphatic rings. The van der Waals surface area contributed by atoms with Crippen molar-refractivity contribution in [2.45, 2.75) is 69.4 Å². The van der Waals surface area contributed by atoms with Crippen LogP contribution >= 0.6 is 12.8 Å². The summed E-state index contributed by atoms with van der Waals surface area (Å²) in [6.07, 6.45) is -1.47. The Hall–Kier alpha value is -4.08. The molecular formula is C38H45F6N5O3S. The van der Waals surface area contributed by atoms with E-state index in [0.717, 1.165) is 52.5 Å². The molecule has 3 N–H and O–H groups in total. The summed E-state index contributed by atoms with van der Waals surface area (Å²) in [7, 11) is 4.26. The van der Waals surface area contributed by atoms with E-state index in [1.165, 1.54) is 0 Å². The number of thiol groups is 1. The summed E-state index contributed by atoms with van der Waals surface area (Å²) in [5.74, 6) is -1.27. The number of alkyl halides is 5. The Kier molecular flexibility index (Phi) is 13.7. The normalized spacial score (nSPS) is 24.7. The zero-order valence-electron chi connectivity index (χ0n) is 30.1. The van der Waals surface area contributed by atoms with Gasteiger partial charge in [0.15, 0.2) is 0 Å². The Morgan fingerprint density at radius 1 is 1.02 bits per heavy atom. The van der Waals surface area contributed by atoms with Crippen molar-refractivity contribution in [2.24, 2.45) is 18.9 Å². The third-order valence-electron chi connectivity index (χ3n) is 10.4. The van der Waals surface area contributed by atoms with Gasteiger partial charge in [-0.05, 0) is 98.5 Å². The number of carboxylic acids is 1. The molecule has 0 spiro atoms. The van der Waals surface area contributed by atoms with Crippen LogP contribution in [0.3, 0.4) is 0 Å². The predicted octanol–water partition coefficient (Wildman–Crippen LogP) is 8.37. The van der Waals surface area contributed by atoms with E-state index in [1.54, 1.807) is 7.05 Å². The lowest BCUT2D eigenvalue weighted by atomic mass is 9.67. The molecule has 3 heterocycles. The summed E-state index contributed by atoms with van der Waals surface area (Å²) in [6, 6.07) is 17.2. The summed E-state index contributed by atoms with van der Waals surface area (Å²) in [4.78, 5) is 29.2. The maximum absolute atomic E-state index is 14.6. The van der Waals surface area contributed by atoms with Crippen LogP contribution in [-0.4, -0.2) is 70.5 Å². The van der Waals surface area contributed by atoms with Crippen molar-refractivity contribution >= 4 is 41.9 Å². The quantitative estimate of drug-likeness (QED) is 0.0895. The lowest BCUT2D eigenvalue weighted by molar-refractivity contribution is -0.146. The molecule has 2 saturated heterocycles. The van der Waals surface area contributed by atoms with Crippen molar-refractivity contribution < 1.29 is 41.0 Å². The van der Waals surface area contributed by atoms with Crippen molar-refractivity contribution in [3.8, 4) is 11.1 Å². The zero-order chi connectivity index (χ0) is 39.2. The first-order valence-electron chi connectivity index (χ1n) is 17.1. The standard InChI is InChI=1S/C28H32FN3O2.C8H5F4NO.CH3F.CH5NS/c1-16-10-21(32-15-28(29)13-22(32)14-28)12-23(26(16)27(33)34)19-6-4-18(5-7-19)20-8-9-25-24(11-20)30-17(2)31(25)3;9-6-3-5(8(10,11)12)1-2-7(6)13-4-14;1-2;1-2-3/h4-9,11,16,21-23,26H,10,12-15H2,1-3H3,(H,33,34);1-4H,(H,13,14);1H3;2-3H,1H3/t16-,21?,22?,23-,26?,28?;;;/m0.../s1. The SMILES string of the molecule is CF.CNS.Cc1nc2cc(-c3ccc([C@@H]4CC(N5CC6(F)CC5C6)C[C@H](C)C4C(=O)O)cc3)ccc2n1C.O=CNc1ccc(C(F)(F)F)cc1F. The molecule has 3 aromatic carbocycles. The molecule has 4 aromatic rings. The fourth-order valence-electron chi connectivity index (χ4n) is 7.86. The Labute approximate surface area is 310 Å². The number of imidazole rings is 1. The molecule has 53 heavy (non-hydrogen) atoms. The van der Waals surface area contributed by atoms with Crippen molar-refractivity contribution in [1.82, 2.24) is 19.2 Å². The van der Waals surface area contributed by atoms with Crippen molar-refractivity contribution in [1.29, 1.82) is 0 Å². The molecule has 8 rings (SSSR count). The van der Waals surface area contributed by atoms with E-state index in [0.29, 0.717) is 44.7 Å². The Morgan fingerprint density at radius 2 is 1.64 bits per heavy atom. The lowest BCUT2D eigenvalue weighted by Crippen LogP contribution is -2.46. The number of nitrogens with one attached hydrogen (secondary N) is 2. The van der Waals surface area contributed by atoms with Gasteiger partial charge in [0, 0.05) is 25.7 Å². The van der Waals surface area contributed by atoms with Gasteiger partial charge in [0.25, 0.3) is 0 Å². The van der Waals surface area contributed by atoms with Gasteiger partial charge in [0.05, 0.1) is 35.4 Å². The molecule has 288 valence electrons. The highest BCUT2D eigenvalue weighted by Gasteiger charge is 2.58. The maximum Gasteiger partial charge on any atom is 0.416 e. The zero-order valence-corrected chi connectivity index (χ0v) is 31.0. The number of fused-ring (bicyclic) bond motifs is 2. The largest absolute Gasteiger partial charge is 0.481 e. The highest BCUT2D eigenvalue weighted by molar-refractivity contribution is 7.78. The number of rotatable bonds is 6. The summed E-state index contributed by atoms with van der Waals surface area (Å²) in [5.41, 5.74) is 2.99. The molecular weight excluding hydrogens is 721 g/mol. The minimum atomic E-state index is -4.58. The molecule has 1 aromatic heterocycles. The molecule has 1 amide bonds. The molecule has 2 unspecified atom stereocenters. The smallest absolute Gasteiger partial charge is 0.416 e. The Bertz CT molecular complexity index is 1870. The van der Waals surface area contributed by atoms with Crippen LogP contribution in [0.2, 0.25) is 0 Å². The van der Waals surface area contributed by atoms with Crippen LogP contribution in [0.4, 0.5) is 32.0 Å². The van der Waals surface area contributed by atoms with Gasteiger partial charge in [0.2, 0.25) is 6.41 Å². The maximum atomic E-state index is 14.6. The van der Waals surface area contributed by atoms with Crippen LogP contribution < -0.4 is 10.0 Å². The Morgan fingerprint density at radius 3 is 2.17 bits per heavy atom. The van der Waals surface area contributed by atoms with E-state index in [9.17, 15) is 41.0 Å². The van der Waals surface area contributed by atoms with Gasteiger partial charge in [-0.2, -0.15) is 13.2 Å². The second-order valence-corrected chi connectivity index (χ2v) is 14.1. The van der Waals surface area contributed by atoms with Crippen LogP contribution in [0.25, 0.3) is 22.2 Å².